The van der Waals surface area contributed by atoms with Crippen LogP contribution in [-0.4, -0.2) is 35.6 Å². The second-order valence-corrected chi connectivity index (χ2v) is 2.82. The molecule has 0 spiro atoms. The molecule has 11 heavy (non-hydrogen) atoms. The van der Waals surface area contributed by atoms with Crippen LogP contribution in [0.25, 0.3) is 0 Å². The monoisotopic (exact) mass is 154 g/mol. The lowest BCUT2D eigenvalue weighted by Crippen LogP contribution is -2.47. The normalized spacial score (nSPS) is 18.8. The standard InChI is InChI=1S/C7H10N2O2/c8-1-2-9-4-6(5-9)3-7(10)11/h6H,2-5H2,(H,10,11). The van der Waals surface area contributed by atoms with Crippen LogP contribution in [-0.2, 0) is 4.79 Å². The molecule has 1 rings (SSSR count). The van der Waals surface area contributed by atoms with Gasteiger partial charge < -0.3 is 5.11 Å². The largest absolute Gasteiger partial charge is 0.481 e. The fraction of sp³-hybridized carbons (Fsp3) is 0.714. The highest BCUT2D eigenvalue weighted by Crippen LogP contribution is 2.17. The highest BCUT2D eigenvalue weighted by Gasteiger charge is 2.27. The lowest BCUT2D eigenvalue weighted by atomic mass is 9.97. The molecule has 0 aromatic rings. The molecule has 1 aliphatic heterocycles. The lowest BCUT2D eigenvalue weighted by molar-refractivity contribution is -0.139. The Kier molecular flexibility index (Phi) is 2.44. The van der Waals surface area contributed by atoms with Gasteiger partial charge in [0.1, 0.15) is 0 Å². The molecular formula is C7H10N2O2. The summed E-state index contributed by atoms with van der Waals surface area (Å²) in [4.78, 5) is 12.1. The molecule has 0 aromatic carbocycles. The Morgan fingerprint density at radius 2 is 2.36 bits per heavy atom. The second kappa shape index (κ2) is 3.35. The van der Waals surface area contributed by atoms with E-state index in [1.165, 1.54) is 0 Å². The molecule has 1 saturated heterocycles. The Hall–Kier alpha value is -1.08. The molecule has 4 nitrogen and oxygen atoms in total. The molecule has 0 aromatic heterocycles. The predicted octanol–water partition coefficient (Wildman–Crippen LogP) is -0.0835. The number of nitrogens with zero attached hydrogens (tertiary/aromatic N) is 2. The van der Waals surface area contributed by atoms with E-state index in [4.69, 9.17) is 10.4 Å². The van der Waals surface area contributed by atoms with E-state index in [1.54, 1.807) is 0 Å². The first-order valence-corrected chi connectivity index (χ1v) is 3.53. The Morgan fingerprint density at radius 3 is 2.82 bits per heavy atom. The molecule has 60 valence electrons. The first-order valence-electron chi connectivity index (χ1n) is 3.53. The summed E-state index contributed by atoms with van der Waals surface area (Å²) in [6, 6.07) is 2.02. The Labute approximate surface area is 65.0 Å². The van der Waals surface area contributed by atoms with Crippen molar-refractivity contribution in [3.05, 3.63) is 0 Å². The fourth-order valence-electron chi connectivity index (χ4n) is 1.28. The van der Waals surface area contributed by atoms with Gasteiger partial charge in [0.25, 0.3) is 0 Å². The highest BCUT2D eigenvalue weighted by molar-refractivity contribution is 5.67. The molecule has 1 N–H and O–H groups in total. The molecule has 0 amide bonds. The van der Waals surface area contributed by atoms with E-state index < -0.39 is 5.97 Å². The molecule has 0 atom stereocenters. The van der Waals surface area contributed by atoms with E-state index in [2.05, 4.69) is 0 Å². The number of hydrogen-bond donors (Lipinski definition) is 1. The average molecular weight is 154 g/mol. The van der Waals surface area contributed by atoms with Gasteiger partial charge in [0.2, 0.25) is 0 Å². The molecule has 1 heterocycles. The van der Waals surface area contributed by atoms with Gasteiger partial charge in [-0.1, -0.05) is 0 Å². The summed E-state index contributed by atoms with van der Waals surface area (Å²) in [7, 11) is 0. The van der Waals surface area contributed by atoms with Crippen LogP contribution in [0.1, 0.15) is 6.42 Å². The summed E-state index contributed by atoms with van der Waals surface area (Å²) in [5.41, 5.74) is 0. The first kappa shape index (κ1) is 8.02. The van der Waals surface area contributed by atoms with E-state index >= 15 is 0 Å². The zero-order valence-corrected chi connectivity index (χ0v) is 6.16. The van der Waals surface area contributed by atoms with Crippen molar-refractivity contribution in [3.63, 3.8) is 0 Å². The van der Waals surface area contributed by atoms with Crippen molar-refractivity contribution < 1.29 is 9.90 Å². The third-order valence-corrected chi connectivity index (χ3v) is 1.79. The summed E-state index contributed by atoms with van der Waals surface area (Å²) in [5, 5.41) is 16.6. The van der Waals surface area contributed by atoms with Crippen LogP contribution in [0.5, 0.6) is 0 Å². The third-order valence-electron chi connectivity index (χ3n) is 1.79. The van der Waals surface area contributed by atoms with Crippen molar-refractivity contribution in [3.8, 4) is 6.07 Å². The number of rotatable bonds is 3. The molecular weight excluding hydrogens is 144 g/mol. The number of hydrogen-bond acceptors (Lipinski definition) is 3. The second-order valence-electron chi connectivity index (χ2n) is 2.82. The third kappa shape index (κ3) is 2.20. The van der Waals surface area contributed by atoms with Crippen molar-refractivity contribution in [1.29, 1.82) is 5.26 Å². The van der Waals surface area contributed by atoms with Crippen LogP contribution in [0.2, 0.25) is 0 Å². The van der Waals surface area contributed by atoms with E-state index in [-0.39, 0.29) is 12.3 Å². The number of carbonyl (C=O) groups is 1. The van der Waals surface area contributed by atoms with Crippen molar-refractivity contribution in [2.45, 2.75) is 6.42 Å². The lowest BCUT2D eigenvalue weighted by Gasteiger charge is -2.36. The van der Waals surface area contributed by atoms with Crippen LogP contribution in [0.3, 0.4) is 0 Å². The summed E-state index contributed by atoms with van der Waals surface area (Å²) >= 11 is 0. The Balaban J connectivity index is 2.10. The highest BCUT2D eigenvalue weighted by atomic mass is 16.4. The zero-order chi connectivity index (χ0) is 8.27. The molecule has 0 bridgehead atoms. The van der Waals surface area contributed by atoms with Crippen molar-refractivity contribution in [2.24, 2.45) is 5.92 Å². The number of aliphatic carboxylic acids is 1. The summed E-state index contributed by atoms with van der Waals surface area (Å²) < 4.78 is 0. The quantitative estimate of drug-likeness (QED) is 0.577. The molecule has 0 radical (unpaired) electrons. The van der Waals surface area contributed by atoms with Gasteiger partial charge in [-0.05, 0) is 5.92 Å². The number of likely N-dealkylation sites (tertiary alicyclic amines) is 1. The van der Waals surface area contributed by atoms with Gasteiger partial charge in [-0.3, -0.25) is 9.69 Å². The zero-order valence-electron chi connectivity index (χ0n) is 6.16. The molecule has 0 saturated carbocycles. The van der Waals surface area contributed by atoms with Gasteiger partial charge in [0.05, 0.1) is 19.0 Å². The van der Waals surface area contributed by atoms with Gasteiger partial charge in [0, 0.05) is 13.1 Å². The van der Waals surface area contributed by atoms with Crippen molar-refractivity contribution in [2.75, 3.05) is 19.6 Å². The number of nitriles is 1. The average Bonchev–Trinajstić information content (AvgIpc) is 1.82. The van der Waals surface area contributed by atoms with Gasteiger partial charge in [-0.25, -0.2) is 0 Å². The van der Waals surface area contributed by atoms with Gasteiger partial charge >= 0.3 is 5.97 Å². The van der Waals surface area contributed by atoms with E-state index in [0.29, 0.717) is 6.54 Å². The smallest absolute Gasteiger partial charge is 0.303 e. The topological polar surface area (TPSA) is 64.3 Å². The summed E-state index contributed by atoms with van der Waals surface area (Å²) in [6.07, 6.45) is 0.238. The van der Waals surface area contributed by atoms with E-state index in [9.17, 15) is 4.79 Å². The molecule has 4 heteroatoms. The maximum Gasteiger partial charge on any atom is 0.303 e. The Bertz CT molecular complexity index is 191. The van der Waals surface area contributed by atoms with E-state index in [1.807, 2.05) is 11.0 Å². The van der Waals surface area contributed by atoms with Gasteiger partial charge in [-0.2, -0.15) is 5.26 Å². The van der Waals surface area contributed by atoms with Gasteiger partial charge in [0.15, 0.2) is 0 Å². The van der Waals surface area contributed by atoms with Crippen LogP contribution < -0.4 is 0 Å². The van der Waals surface area contributed by atoms with Crippen LogP contribution >= 0.6 is 0 Å². The molecule has 1 aliphatic rings. The van der Waals surface area contributed by atoms with Crippen molar-refractivity contribution >= 4 is 5.97 Å². The number of carboxylic acids is 1. The molecule has 1 fully saturated rings. The predicted molar refractivity (Wildman–Crippen MR) is 37.8 cm³/mol. The summed E-state index contributed by atoms with van der Waals surface area (Å²) in [6.45, 7) is 1.95. The van der Waals surface area contributed by atoms with E-state index in [0.717, 1.165) is 13.1 Å². The SMILES string of the molecule is N#CCN1CC(CC(=O)O)C1. The van der Waals surface area contributed by atoms with Gasteiger partial charge in [-0.15, -0.1) is 0 Å². The van der Waals surface area contributed by atoms with Crippen LogP contribution in [0.4, 0.5) is 0 Å². The maximum atomic E-state index is 10.2. The summed E-state index contributed by atoms with van der Waals surface area (Å²) in [5.74, 6) is -0.479. The molecule has 0 aliphatic carbocycles. The minimum absolute atomic E-state index is 0.238. The fourth-order valence-corrected chi connectivity index (χ4v) is 1.28. The maximum absolute atomic E-state index is 10.2. The minimum atomic E-state index is -0.744. The Morgan fingerprint density at radius 1 is 1.73 bits per heavy atom. The van der Waals surface area contributed by atoms with Crippen LogP contribution in [0.15, 0.2) is 0 Å². The van der Waals surface area contributed by atoms with Crippen LogP contribution in [0, 0.1) is 17.2 Å². The minimum Gasteiger partial charge on any atom is -0.481 e. The number of carboxylic acid groups (broad SMARTS) is 1. The first-order chi connectivity index (χ1) is 5.22. The molecule has 0 unspecified atom stereocenters. The van der Waals surface area contributed by atoms with Crippen molar-refractivity contribution in [1.82, 2.24) is 4.90 Å².